The highest BCUT2D eigenvalue weighted by atomic mass is 14.7. The maximum absolute atomic E-state index is 7.14. The third-order valence-electron chi connectivity index (χ3n) is 12.5. The van der Waals surface area contributed by atoms with E-state index in [4.69, 9.17) is 11.5 Å². The molecule has 0 radical (unpaired) electrons. The minimum Gasteiger partial charge on any atom is -0.327 e. The van der Waals surface area contributed by atoms with Crippen molar-refractivity contribution in [1.29, 1.82) is 0 Å². The molecule has 0 aliphatic heterocycles. The predicted molar refractivity (Wildman–Crippen MR) is 156 cm³/mol. The largest absolute Gasteiger partial charge is 0.327 e. The van der Waals surface area contributed by atoms with Gasteiger partial charge in [-0.15, -0.1) is 0 Å². The number of hydrogen-bond acceptors (Lipinski definition) is 2. The van der Waals surface area contributed by atoms with Gasteiger partial charge in [0.2, 0.25) is 0 Å². The van der Waals surface area contributed by atoms with E-state index >= 15 is 0 Å². The lowest BCUT2D eigenvalue weighted by Gasteiger charge is -2.54. The van der Waals surface area contributed by atoms with Crippen molar-refractivity contribution in [1.82, 2.24) is 0 Å². The van der Waals surface area contributed by atoms with Crippen molar-refractivity contribution >= 4 is 0 Å². The van der Waals surface area contributed by atoms with Crippen molar-refractivity contribution in [2.45, 2.75) is 153 Å². The molecule has 2 nitrogen and oxygen atoms in total. The number of hydrogen-bond donors (Lipinski definition) is 2. The van der Waals surface area contributed by atoms with Crippen molar-refractivity contribution in [3.63, 3.8) is 0 Å². The van der Waals surface area contributed by atoms with Crippen LogP contribution in [-0.2, 0) is 0 Å². The van der Waals surface area contributed by atoms with Crippen LogP contribution in [0.1, 0.15) is 141 Å². The Balaban J connectivity index is 2.36. The van der Waals surface area contributed by atoms with Crippen molar-refractivity contribution in [3.8, 4) is 0 Å². The maximum atomic E-state index is 7.14. The van der Waals surface area contributed by atoms with Crippen LogP contribution in [-0.4, -0.2) is 12.1 Å². The second-order valence-electron chi connectivity index (χ2n) is 15.9. The molecule has 4 atom stereocenters. The van der Waals surface area contributed by atoms with Crippen molar-refractivity contribution < 1.29 is 0 Å². The smallest absolute Gasteiger partial charge is 0.0106 e. The summed E-state index contributed by atoms with van der Waals surface area (Å²) in [5.74, 6) is 4.10. The van der Waals surface area contributed by atoms with Crippen LogP contribution in [0.5, 0.6) is 0 Å². The van der Waals surface area contributed by atoms with Gasteiger partial charge in [-0.25, -0.2) is 0 Å². The predicted octanol–water partition coefficient (Wildman–Crippen LogP) is 9.06. The fourth-order valence-corrected chi connectivity index (χ4v) is 8.08. The molecule has 2 saturated carbocycles. The Kier molecular flexibility index (Phi) is 10.1. The van der Waals surface area contributed by atoms with Crippen molar-refractivity contribution in [2.75, 3.05) is 0 Å². The number of rotatable bonds is 10. The maximum Gasteiger partial charge on any atom is 0.0106 e. The molecule has 0 bridgehead atoms. The third-order valence-corrected chi connectivity index (χ3v) is 12.5. The van der Waals surface area contributed by atoms with E-state index in [1.165, 1.54) is 57.8 Å². The lowest BCUT2D eigenvalue weighted by atomic mass is 9.53. The molecule has 4 unspecified atom stereocenters. The van der Waals surface area contributed by atoms with Crippen LogP contribution in [0.4, 0.5) is 0 Å². The molecule has 2 fully saturated rings. The Morgan fingerprint density at radius 3 is 0.829 bits per heavy atom. The van der Waals surface area contributed by atoms with Crippen molar-refractivity contribution in [3.05, 3.63) is 0 Å². The first-order valence-electron chi connectivity index (χ1n) is 15.5. The van der Waals surface area contributed by atoms with Gasteiger partial charge >= 0.3 is 0 Å². The molecular weight excluding hydrogens is 424 g/mol. The van der Waals surface area contributed by atoms with Crippen LogP contribution in [0.25, 0.3) is 0 Å². The van der Waals surface area contributed by atoms with E-state index in [-0.39, 0.29) is 0 Å². The molecule has 4 N–H and O–H groups in total. The lowest BCUT2D eigenvalue weighted by Crippen LogP contribution is -2.55. The molecule has 35 heavy (non-hydrogen) atoms. The van der Waals surface area contributed by atoms with Crippen LogP contribution in [0.15, 0.2) is 0 Å². The zero-order valence-electron chi connectivity index (χ0n) is 26.1. The Labute approximate surface area is 221 Å². The highest BCUT2D eigenvalue weighted by Gasteiger charge is 2.50. The van der Waals surface area contributed by atoms with Gasteiger partial charge in [0.15, 0.2) is 0 Å². The zero-order valence-corrected chi connectivity index (χ0v) is 26.1. The van der Waals surface area contributed by atoms with Gasteiger partial charge in [0, 0.05) is 12.1 Å². The molecule has 0 aromatic heterocycles. The Hall–Kier alpha value is -0.0800. The highest BCUT2D eigenvalue weighted by Crippen LogP contribution is 2.54. The summed E-state index contributed by atoms with van der Waals surface area (Å²) >= 11 is 0. The molecule has 0 heterocycles. The fraction of sp³-hybridized carbons (Fsp3) is 1.00. The highest BCUT2D eigenvalue weighted by molar-refractivity contribution is 5.02. The fourth-order valence-electron chi connectivity index (χ4n) is 8.08. The van der Waals surface area contributed by atoms with Gasteiger partial charge in [0.25, 0.3) is 0 Å². The molecule has 0 amide bonds. The van der Waals surface area contributed by atoms with Gasteiger partial charge in [0.1, 0.15) is 0 Å². The van der Waals surface area contributed by atoms with E-state index in [0.717, 1.165) is 11.8 Å². The van der Waals surface area contributed by atoms with Gasteiger partial charge in [-0.2, -0.15) is 0 Å². The summed E-state index contributed by atoms with van der Waals surface area (Å²) in [6, 6.07) is 0.656. The van der Waals surface area contributed by atoms with Crippen molar-refractivity contribution in [2.24, 2.45) is 68.6 Å². The Morgan fingerprint density at radius 2 is 0.657 bits per heavy atom. The molecule has 0 aromatic rings. The minimum absolute atomic E-state index is 0.314. The molecular formula is C33H66N2. The van der Waals surface area contributed by atoms with Crippen LogP contribution in [0, 0.1) is 57.2 Å². The van der Waals surface area contributed by atoms with E-state index in [2.05, 4.69) is 83.1 Å². The molecule has 2 heteroatoms. The molecule has 2 rings (SSSR count). The second-order valence-corrected chi connectivity index (χ2v) is 15.9. The standard InChI is InChI=1S/C33H66N2/c1-13-30(5,6)24-18-22(19-25(28(24)34)31(7,8)14-2)17-23-20-26(32(9,10)15-3)29(35)27(21-23)33(11,12)16-4/h22-29H,13-21,34-35H2,1-12H3. The van der Waals surface area contributed by atoms with Crippen LogP contribution in [0.3, 0.4) is 0 Å². The van der Waals surface area contributed by atoms with Gasteiger partial charge in [-0.3, -0.25) is 0 Å². The minimum atomic E-state index is 0.314. The lowest BCUT2D eigenvalue weighted by molar-refractivity contribution is -0.0212. The molecule has 2 aliphatic rings. The van der Waals surface area contributed by atoms with Gasteiger partial charge in [-0.05, 0) is 89.3 Å². The molecule has 0 saturated heterocycles. The Bertz CT molecular complexity index is 552. The summed E-state index contributed by atoms with van der Waals surface area (Å²) in [4.78, 5) is 0. The molecule has 0 aromatic carbocycles. The van der Waals surface area contributed by atoms with Crippen LogP contribution >= 0.6 is 0 Å². The normalized spacial score (nSPS) is 35.8. The second kappa shape index (κ2) is 11.3. The average Bonchev–Trinajstić information content (AvgIpc) is 2.80. The summed E-state index contributed by atoms with van der Waals surface area (Å²) in [5, 5.41) is 0. The average molecular weight is 491 g/mol. The van der Waals surface area contributed by atoms with Gasteiger partial charge < -0.3 is 11.5 Å². The van der Waals surface area contributed by atoms with Crippen LogP contribution < -0.4 is 11.5 Å². The van der Waals surface area contributed by atoms with E-state index < -0.39 is 0 Å². The molecule has 2 aliphatic carbocycles. The first-order chi connectivity index (χ1) is 16.0. The summed E-state index contributed by atoms with van der Waals surface area (Å²) in [5.41, 5.74) is 15.5. The first-order valence-corrected chi connectivity index (χ1v) is 15.5. The summed E-state index contributed by atoms with van der Waals surface area (Å²) < 4.78 is 0. The van der Waals surface area contributed by atoms with E-state index in [0.29, 0.717) is 57.4 Å². The van der Waals surface area contributed by atoms with E-state index in [1.807, 2.05) is 0 Å². The van der Waals surface area contributed by atoms with E-state index in [9.17, 15) is 0 Å². The van der Waals surface area contributed by atoms with Crippen LogP contribution in [0.2, 0.25) is 0 Å². The molecule has 208 valence electrons. The summed E-state index contributed by atoms with van der Waals surface area (Å²) in [7, 11) is 0. The zero-order chi connectivity index (χ0) is 27.0. The van der Waals surface area contributed by atoms with E-state index in [1.54, 1.807) is 0 Å². The third kappa shape index (κ3) is 6.68. The quantitative estimate of drug-likeness (QED) is 0.321. The molecule has 0 spiro atoms. The SMILES string of the molecule is CCC(C)(C)C1CC(CC2CC(C(C)(C)CC)C(N)C(C(C)(C)CC)C2)CC(C(C)(C)CC)C1N. The topological polar surface area (TPSA) is 52.0 Å². The summed E-state index contributed by atoms with van der Waals surface area (Å²) in [6.45, 7) is 29.3. The van der Waals surface area contributed by atoms with Gasteiger partial charge in [-0.1, -0.05) is 109 Å². The summed E-state index contributed by atoms with van der Waals surface area (Å²) in [6.07, 6.45) is 11.6. The Morgan fingerprint density at radius 1 is 0.457 bits per heavy atom. The first kappa shape index (κ1) is 31.1. The van der Waals surface area contributed by atoms with Gasteiger partial charge in [0.05, 0.1) is 0 Å². The number of nitrogens with two attached hydrogens (primary N) is 2. The monoisotopic (exact) mass is 491 g/mol.